The molecular formula is C15H19ClO3. The first-order valence-corrected chi connectivity index (χ1v) is 7.16. The zero-order valence-electron chi connectivity index (χ0n) is 11.3. The smallest absolute Gasteiger partial charge is 0.312 e. The second-order valence-electron chi connectivity index (χ2n) is 5.60. The van der Waals surface area contributed by atoms with Crippen LogP contribution in [0.5, 0.6) is 0 Å². The molecule has 1 unspecified atom stereocenters. The maximum absolute atomic E-state index is 5.93. The number of benzene rings is 1. The molecule has 3 aliphatic rings. The van der Waals surface area contributed by atoms with Crippen molar-refractivity contribution < 1.29 is 14.2 Å². The van der Waals surface area contributed by atoms with Crippen LogP contribution in [0.4, 0.5) is 0 Å². The summed E-state index contributed by atoms with van der Waals surface area (Å²) in [6.45, 7) is 6.48. The van der Waals surface area contributed by atoms with E-state index in [2.05, 4.69) is 13.8 Å². The van der Waals surface area contributed by atoms with Crippen molar-refractivity contribution in [2.24, 2.45) is 11.3 Å². The third kappa shape index (κ3) is 2.09. The lowest BCUT2D eigenvalue weighted by atomic mass is 9.75. The Kier molecular flexibility index (Phi) is 3.34. The number of hydrogen-bond donors (Lipinski definition) is 0. The Hall–Kier alpha value is -0.610. The summed E-state index contributed by atoms with van der Waals surface area (Å²) in [6, 6.07) is 7.44. The van der Waals surface area contributed by atoms with E-state index in [1.54, 1.807) is 0 Å². The highest BCUT2D eigenvalue weighted by Gasteiger charge is 2.55. The average molecular weight is 283 g/mol. The first-order valence-electron chi connectivity index (χ1n) is 6.78. The van der Waals surface area contributed by atoms with Crippen LogP contribution in [0.25, 0.3) is 0 Å². The first-order chi connectivity index (χ1) is 9.10. The lowest BCUT2D eigenvalue weighted by Gasteiger charge is -2.54. The van der Waals surface area contributed by atoms with E-state index in [9.17, 15) is 0 Å². The molecule has 3 heterocycles. The number of hydrogen-bond acceptors (Lipinski definition) is 3. The van der Waals surface area contributed by atoms with E-state index in [0.717, 1.165) is 12.0 Å². The minimum absolute atomic E-state index is 0.00290. The Labute approximate surface area is 118 Å². The van der Waals surface area contributed by atoms with Crippen molar-refractivity contribution in [3.63, 3.8) is 0 Å². The summed E-state index contributed by atoms with van der Waals surface area (Å²) in [7, 11) is 0. The number of ether oxygens (including phenoxy) is 3. The summed E-state index contributed by atoms with van der Waals surface area (Å²) >= 11 is 5.91. The van der Waals surface area contributed by atoms with Crippen LogP contribution in [-0.4, -0.2) is 19.8 Å². The molecule has 0 aliphatic carbocycles. The normalized spacial score (nSPS) is 35.3. The monoisotopic (exact) mass is 282 g/mol. The van der Waals surface area contributed by atoms with Crippen LogP contribution in [0.15, 0.2) is 24.3 Å². The maximum Gasteiger partial charge on any atom is 0.312 e. The zero-order chi connectivity index (χ0) is 13.5. The summed E-state index contributed by atoms with van der Waals surface area (Å²) in [5.74, 6) is -0.504. The van der Waals surface area contributed by atoms with Crippen LogP contribution in [0.3, 0.4) is 0 Å². The molecule has 4 heteroatoms. The highest BCUT2D eigenvalue weighted by molar-refractivity contribution is 6.30. The van der Waals surface area contributed by atoms with Gasteiger partial charge in [-0.2, -0.15) is 0 Å². The van der Waals surface area contributed by atoms with Crippen LogP contribution in [0.1, 0.15) is 25.8 Å². The van der Waals surface area contributed by atoms with E-state index in [4.69, 9.17) is 25.8 Å². The number of fused-ring (bicyclic) bond motifs is 3. The van der Waals surface area contributed by atoms with Gasteiger partial charge < -0.3 is 14.2 Å². The predicted molar refractivity (Wildman–Crippen MR) is 72.9 cm³/mol. The summed E-state index contributed by atoms with van der Waals surface area (Å²) < 4.78 is 17.8. The van der Waals surface area contributed by atoms with Gasteiger partial charge in [-0.1, -0.05) is 31.9 Å². The Balaban J connectivity index is 1.83. The molecule has 0 radical (unpaired) electrons. The summed E-state index contributed by atoms with van der Waals surface area (Å²) in [5, 5.41) is 0.695. The predicted octanol–water partition coefficient (Wildman–Crippen LogP) is 3.56. The van der Waals surface area contributed by atoms with Gasteiger partial charge in [0.15, 0.2) is 0 Å². The summed E-state index contributed by atoms with van der Waals surface area (Å²) in [5.41, 5.74) is 0.873. The summed E-state index contributed by atoms with van der Waals surface area (Å²) in [4.78, 5) is 0. The third-order valence-corrected chi connectivity index (χ3v) is 4.76. The van der Waals surface area contributed by atoms with Gasteiger partial charge in [-0.25, -0.2) is 0 Å². The molecule has 1 aromatic carbocycles. The van der Waals surface area contributed by atoms with Gasteiger partial charge in [-0.3, -0.25) is 0 Å². The fraction of sp³-hybridized carbons (Fsp3) is 0.600. The number of rotatable bonds is 3. The van der Waals surface area contributed by atoms with Crippen molar-refractivity contribution in [1.29, 1.82) is 0 Å². The van der Waals surface area contributed by atoms with Gasteiger partial charge >= 0.3 is 5.97 Å². The molecule has 0 amide bonds. The standard InChI is InChI=1S/C15H19ClO3/c1-3-11(2)14-8-17-15(18-9-14,19-10-14)12-4-6-13(16)7-5-12/h4-7,11H,3,8-10H2,1-2H3. The molecule has 104 valence electrons. The molecule has 2 bridgehead atoms. The largest absolute Gasteiger partial charge is 0.323 e. The van der Waals surface area contributed by atoms with Gasteiger partial charge in [0.05, 0.1) is 19.8 Å². The van der Waals surface area contributed by atoms with Crippen molar-refractivity contribution in [3.05, 3.63) is 34.9 Å². The Morgan fingerprint density at radius 2 is 1.63 bits per heavy atom. The molecule has 19 heavy (non-hydrogen) atoms. The molecule has 1 atom stereocenters. The molecule has 0 aromatic heterocycles. The van der Waals surface area contributed by atoms with E-state index >= 15 is 0 Å². The number of halogens is 1. The van der Waals surface area contributed by atoms with Crippen molar-refractivity contribution in [2.45, 2.75) is 26.2 Å². The lowest BCUT2D eigenvalue weighted by Crippen LogP contribution is -2.60. The Bertz CT molecular complexity index is 432. The van der Waals surface area contributed by atoms with E-state index in [1.807, 2.05) is 24.3 Å². The molecule has 3 fully saturated rings. The van der Waals surface area contributed by atoms with Crippen molar-refractivity contribution in [2.75, 3.05) is 19.8 Å². The highest BCUT2D eigenvalue weighted by Crippen LogP contribution is 2.48. The average Bonchev–Trinajstić information content (AvgIpc) is 2.49. The molecule has 4 rings (SSSR count). The van der Waals surface area contributed by atoms with E-state index in [1.165, 1.54) is 0 Å². The quantitative estimate of drug-likeness (QED) is 0.848. The topological polar surface area (TPSA) is 27.7 Å². The second-order valence-corrected chi connectivity index (χ2v) is 6.04. The molecule has 3 nitrogen and oxygen atoms in total. The first kappa shape index (κ1) is 13.4. The molecule has 0 N–H and O–H groups in total. The zero-order valence-corrected chi connectivity index (χ0v) is 12.1. The van der Waals surface area contributed by atoms with Gasteiger partial charge in [-0.05, 0) is 30.2 Å². The molecule has 3 saturated heterocycles. The fourth-order valence-corrected chi connectivity index (χ4v) is 2.86. The van der Waals surface area contributed by atoms with Gasteiger partial charge in [-0.15, -0.1) is 0 Å². The lowest BCUT2D eigenvalue weighted by molar-refractivity contribution is -0.485. The minimum Gasteiger partial charge on any atom is -0.323 e. The molecular weight excluding hydrogens is 264 g/mol. The van der Waals surface area contributed by atoms with Gasteiger partial charge in [0.2, 0.25) is 0 Å². The van der Waals surface area contributed by atoms with Gasteiger partial charge in [0, 0.05) is 16.0 Å². The second kappa shape index (κ2) is 4.74. The molecule has 1 aromatic rings. The van der Waals surface area contributed by atoms with Crippen molar-refractivity contribution in [1.82, 2.24) is 0 Å². The third-order valence-electron chi connectivity index (χ3n) is 4.50. The van der Waals surface area contributed by atoms with E-state index in [0.29, 0.717) is 30.8 Å². The van der Waals surface area contributed by atoms with Gasteiger partial charge in [0.1, 0.15) is 0 Å². The van der Waals surface area contributed by atoms with Crippen LogP contribution < -0.4 is 0 Å². The van der Waals surface area contributed by atoms with E-state index < -0.39 is 5.97 Å². The van der Waals surface area contributed by atoms with Crippen LogP contribution in [0.2, 0.25) is 5.02 Å². The van der Waals surface area contributed by atoms with E-state index in [-0.39, 0.29) is 5.41 Å². The maximum atomic E-state index is 5.93. The Morgan fingerprint density at radius 1 is 1.11 bits per heavy atom. The summed E-state index contributed by atoms with van der Waals surface area (Å²) in [6.07, 6.45) is 1.10. The van der Waals surface area contributed by atoms with Crippen molar-refractivity contribution in [3.8, 4) is 0 Å². The minimum atomic E-state index is -1.03. The highest BCUT2D eigenvalue weighted by atomic mass is 35.5. The molecule has 0 spiro atoms. The van der Waals surface area contributed by atoms with Crippen LogP contribution in [-0.2, 0) is 20.2 Å². The SMILES string of the molecule is CCC(C)C12COC(c3ccc(Cl)cc3)(OC1)OC2. The Morgan fingerprint density at radius 3 is 2.11 bits per heavy atom. The van der Waals surface area contributed by atoms with Crippen LogP contribution >= 0.6 is 11.6 Å². The fourth-order valence-electron chi connectivity index (χ4n) is 2.73. The molecule has 3 aliphatic heterocycles. The van der Waals surface area contributed by atoms with Gasteiger partial charge in [0.25, 0.3) is 0 Å². The van der Waals surface area contributed by atoms with Crippen LogP contribution in [0, 0.1) is 11.3 Å². The van der Waals surface area contributed by atoms with Crippen molar-refractivity contribution >= 4 is 11.6 Å². The molecule has 0 saturated carbocycles.